The van der Waals surface area contributed by atoms with E-state index in [2.05, 4.69) is 4.90 Å². The fourth-order valence-corrected chi connectivity index (χ4v) is 5.63. The smallest absolute Gasteiger partial charge is 0.262 e. The molecule has 2 aromatic carbocycles. The van der Waals surface area contributed by atoms with Crippen molar-refractivity contribution in [1.29, 1.82) is 0 Å². The second-order valence-corrected chi connectivity index (χ2v) is 10.0. The highest BCUT2D eigenvalue weighted by Gasteiger charge is 2.37. The molecular weight excluding hydrogens is 488 g/mol. The number of imide groups is 1. The van der Waals surface area contributed by atoms with Crippen molar-refractivity contribution in [2.75, 3.05) is 50.8 Å². The molecule has 182 valence electrons. The van der Waals surface area contributed by atoms with Crippen LogP contribution in [0.1, 0.15) is 32.7 Å². The first-order valence-corrected chi connectivity index (χ1v) is 12.7. The van der Waals surface area contributed by atoms with Gasteiger partial charge < -0.3 is 4.74 Å². The monoisotopic (exact) mass is 512 g/mol. The number of halogens is 1. The van der Waals surface area contributed by atoms with Crippen LogP contribution >= 0.6 is 22.9 Å². The van der Waals surface area contributed by atoms with Gasteiger partial charge >= 0.3 is 0 Å². The number of amides is 3. The number of hydrogen-bond donors (Lipinski definition) is 0. The van der Waals surface area contributed by atoms with Gasteiger partial charge in [-0.15, -0.1) is 0 Å². The van der Waals surface area contributed by atoms with E-state index in [0.29, 0.717) is 41.0 Å². The van der Waals surface area contributed by atoms with E-state index in [-0.39, 0.29) is 12.5 Å². The van der Waals surface area contributed by atoms with Crippen LogP contribution in [0.3, 0.4) is 0 Å². The topological polar surface area (TPSA) is 83.0 Å². The van der Waals surface area contributed by atoms with Crippen LogP contribution in [0.2, 0.25) is 5.02 Å². The van der Waals surface area contributed by atoms with E-state index in [1.807, 2.05) is 19.1 Å². The standard InChI is InChI=1S/C25H25ClN4O4S/c1-16-19(26)7-8-20-22(16)27-25(35-20)29(10-4-9-28-11-13-34-14-12-28)21(31)15-30-23(32)17-5-2-3-6-18(17)24(30)33/h2-3,5-8H,4,9-15H2,1H3. The molecule has 3 heterocycles. The van der Waals surface area contributed by atoms with E-state index >= 15 is 0 Å². The van der Waals surface area contributed by atoms with E-state index in [0.717, 1.165) is 46.7 Å². The number of aromatic nitrogens is 1. The van der Waals surface area contributed by atoms with Gasteiger partial charge in [0.1, 0.15) is 6.54 Å². The number of fused-ring (bicyclic) bond motifs is 2. The minimum atomic E-state index is -0.445. The molecule has 0 atom stereocenters. The number of benzene rings is 2. The Morgan fingerprint density at radius 3 is 2.49 bits per heavy atom. The zero-order valence-corrected chi connectivity index (χ0v) is 20.9. The van der Waals surface area contributed by atoms with E-state index in [1.54, 1.807) is 29.2 Å². The van der Waals surface area contributed by atoms with E-state index < -0.39 is 11.8 Å². The molecule has 35 heavy (non-hydrogen) atoms. The molecule has 3 aromatic rings. The van der Waals surface area contributed by atoms with Crippen molar-refractivity contribution in [2.45, 2.75) is 13.3 Å². The van der Waals surface area contributed by atoms with Gasteiger partial charge in [-0.25, -0.2) is 4.98 Å². The zero-order valence-electron chi connectivity index (χ0n) is 19.3. The molecule has 0 saturated carbocycles. The Morgan fingerprint density at radius 1 is 1.11 bits per heavy atom. The Labute approximate surface area is 212 Å². The lowest BCUT2D eigenvalue weighted by Gasteiger charge is -2.28. The molecule has 0 aliphatic carbocycles. The Hall–Kier alpha value is -2.85. The summed E-state index contributed by atoms with van der Waals surface area (Å²) in [4.78, 5) is 48.9. The Morgan fingerprint density at radius 2 is 1.80 bits per heavy atom. The van der Waals surface area contributed by atoms with E-state index in [9.17, 15) is 14.4 Å². The SMILES string of the molecule is Cc1c(Cl)ccc2sc(N(CCCN3CCOCC3)C(=O)CN3C(=O)c4ccccc4C3=O)nc12. The first kappa shape index (κ1) is 23.9. The highest BCUT2D eigenvalue weighted by molar-refractivity contribution is 7.22. The minimum Gasteiger partial charge on any atom is -0.379 e. The van der Waals surface area contributed by atoms with Gasteiger partial charge in [0, 0.05) is 31.2 Å². The van der Waals surface area contributed by atoms with Gasteiger partial charge in [0.2, 0.25) is 5.91 Å². The van der Waals surface area contributed by atoms with Crippen LogP contribution in [-0.2, 0) is 9.53 Å². The van der Waals surface area contributed by atoms with Gasteiger partial charge in [0.25, 0.3) is 11.8 Å². The normalized spacial score (nSPS) is 16.2. The maximum Gasteiger partial charge on any atom is 0.262 e. The third-order valence-electron chi connectivity index (χ3n) is 6.40. The second kappa shape index (κ2) is 10.0. The second-order valence-electron chi connectivity index (χ2n) is 8.61. The molecule has 0 spiro atoms. The highest BCUT2D eigenvalue weighted by Crippen LogP contribution is 2.34. The summed E-state index contributed by atoms with van der Waals surface area (Å²) in [6, 6.07) is 10.4. The number of aryl methyl sites for hydroxylation is 1. The van der Waals surface area contributed by atoms with Gasteiger partial charge in [0.15, 0.2) is 5.13 Å². The number of carbonyl (C=O) groups excluding carboxylic acids is 3. The first-order chi connectivity index (χ1) is 16.9. The van der Waals surface area contributed by atoms with Crippen LogP contribution in [0.5, 0.6) is 0 Å². The highest BCUT2D eigenvalue weighted by atomic mass is 35.5. The summed E-state index contributed by atoms with van der Waals surface area (Å²) in [6.45, 7) is 5.95. The molecule has 10 heteroatoms. The van der Waals surface area contributed by atoms with Crippen LogP contribution in [0.4, 0.5) is 5.13 Å². The van der Waals surface area contributed by atoms with E-state index in [1.165, 1.54) is 11.3 Å². The average molecular weight is 513 g/mol. The quantitative estimate of drug-likeness (QED) is 0.450. The molecule has 8 nitrogen and oxygen atoms in total. The van der Waals surface area contributed by atoms with Crippen molar-refractivity contribution >= 4 is 56.0 Å². The third kappa shape index (κ3) is 4.69. The van der Waals surface area contributed by atoms with Crippen LogP contribution < -0.4 is 4.90 Å². The summed E-state index contributed by atoms with van der Waals surface area (Å²) in [5.74, 6) is -1.23. The number of thiazole rings is 1. The number of carbonyl (C=O) groups is 3. The molecule has 1 saturated heterocycles. The molecule has 2 aliphatic rings. The number of hydrogen-bond acceptors (Lipinski definition) is 7. The fraction of sp³-hybridized carbons (Fsp3) is 0.360. The first-order valence-electron chi connectivity index (χ1n) is 11.6. The lowest BCUT2D eigenvalue weighted by molar-refractivity contribution is -0.119. The molecule has 1 fully saturated rings. The van der Waals surface area contributed by atoms with Gasteiger partial charge in [0.05, 0.1) is 34.6 Å². The summed E-state index contributed by atoms with van der Waals surface area (Å²) in [6.07, 6.45) is 0.726. The number of anilines is 1. The number of morpholine rings is 1. The summed E-state index contributed by atoms with van der Waals surface area (Å²) < 4.78 is 6.34. The van der Waals surface area contributed by atoms with Gasteiger partial charge in [-0.2, -0.15) is 0 Å². The molecule has 1 aromatic heterocycles. The van der Waals surface area contributed by atoms with Crippen molar-refractivity contribution < 1.29 is 19.1 Å². The van der Waals surface area contributed by atoms with Crippen LogP contribution in [0.25, 0.3) is 10.2 Å². The van der Waals surface area contributed by atoms with Crippen LogP contribution in [0, 0.1) is 6.92 Å². The predicted molar refractivity (Wildman–Crippen MR) is 135 cm³/mol. The van der Waals surface area contributed by atoms with Crippen molar-refractivity contribution in [3.63, 3.8) is 0 Å². The third-order valence-corrected chi connectivity index (χ3v) is 7.85. The molecule has 0 unspecified atom stereocenters. The van der Waals surface area contributed by atoms with Crippen LogP contribution in [-0.4, -0.2) is 78.4 Å². The lowest BCUT2D eigenvalue weighted by Crippen LogP contribution is -2.44. The van der Waals surface area contributed by atoms with Crippen molar-refractivity contribution in [2.24, 2.45) is 0 Å². The Bertz CT molecular complexity index is 1270. The van der Waals surface area contributed by atoms with Gasteiger partial charge in [-0.1, -0.05) is 35.1 Å². The Balaban J connectivity index is 1.38. The molecule has 0 radical (unpaired) electrons. The van der Waals surface area contributed by atoms with Crippen LogP contribution in [0.15, 0.2) is 36.4 Å². The molecule has 0 N–H and O–H groups in total. The molecule has 0 bridgehead atoms. The summed E-state index contributed by atoms with van der Waals surface area (Å²) in [5.41, 5.74) is 2.26. The molecular formula is C25H25ClN4O4S. The summed E-state index contributed by atoms with van der Waals surface area (Å²) in [5, 5.41) is 1.15. The number of ether oxygens (including phenoxy) is 1. The number of nitrogens with zero attached hydrogens (tertiary/aromatic N) is 4. The zero-order chi connectivity index (χ0) is 24.5. The minimum absolute atomic E-state index is 0.328. The van der Waals surface area contributed by atoms with Crippen molar-refractivity contribution in [1.82, 2.24) is 14.8 Å². The largest absolute Gasteiger partial charge is 0.379 e. The maximum atomic E-state index is 13.5. The maximum absolute atomic E-state index is 13.5. The summed E-state index contributed by atoms with van der Waals surface area (Å²) >= 11 is 7.69. The van der Waals surface area contributed by atoms with Gasteiger partial charge in [-0.05, 0) is 43.2 Å². The molecule has 2 aliphatic heterocycles. The molecule has 3 amide bonds. The fourth-order valence-electron chi connectivity index (χ4n) is 4.41. The molecule has 5 rings (SSSR count). The average Bonchev–Trinajstić information content (AvgIpc) is 3.41. The summed E-state index contributed by atoms with van der Waals surface area (Å²) in [7, 11) is 0. The number of rotatable bonds is 7. The Kier molecular flexibility index (Phi) is 6.84. The van der Waals surface area contributed by atoms with Crippen molar-refractivity contribution in [3.8, 4) is 0 Å². The lowest BCUT2D eigenvalue weighted by atomic mass is 10.1. The van der Waals surface area contributed by atoms with E-state index in [4.69, 9.17) is 21.3 Å². The van der Waals surface area contributed by atoms with Crippen molar-refractivity contribution in [3.05, 3.63) is 58.1 Å². The van der Waals surface area contributed by atoms with Gasteiger partial charge in [-0.3, -0.25) is 29.1 Å². The predicted octanol–water partition coefficient (Wildman–Crippen LogP) is 3.61.